The molecule has 3 N–H and O–H groups in total. The molecule has 0 radical (unpaired) electrons. The molecule has 2 amide bonds. The molecular formula is C15H18N2O4. The highest BCUT2D eigenvalue weighted by molar-refractivity contribution is 5.97. The highest BCUT2D eigenvalue weighted by atomic mass is 16.4. The lowest BCUT2D eigenvalue weighted by atomic mass is 9.73. The number of rotatable bonds is 4. The van der Waals surface area contributed by atoms with Crippen LogP contribution in [0.25, 0.3) is 0 Å². The monoisotopic (exact) mass is 290 g/mol. The second-order valence-electron chi connectivity index (χ2n) is 5.33. The van der Waals surface area contributed by atoms with Gasteiger partial charge in [0.15, 0.2) is 0 Å². The highest BCUT2D eigenvalue weighted by Crippen LogP contribution is 2.35. The summed E-state index contributed by atoms with van der Waals surface area (Å²) in [6.07, 6.45) is 1.13. The minimum absolute atomic E-state index is 0.188. The highest BCUT2D eigenvalue weighted by Gasteiger charge is 2.41. The van der Waals surface area contributed by atoms with Gasteiger partial charge in [0.05, 0.1) is 11.8 Å². The number of carbonyl (C=O) groups is 3. The second-order valence-corrected chi connectivity index (χ2v) is 5.33. The Hall–Kier alpha value is -2.37. The molecule has 0 spiro atoms. The number of carboxylic acid groups (broad SMARTS) is 1. The number of hydrogen-bond acceptors (Lipinski definition) is 3. The molecule has 0 heterocycles. The first-order valence-electron chi connectivity index (χ1n) is 6.80. The molecule has 6 nitrogen and oxygen atoms in total. The normalized spacial score (nSPS) is 20.3. The number of benzene rings is 1. The Morgan fingerprint density at radius 1 is 1.14 bits per heavy atom. The molecule has 1 aromatic carbocycles. The third kappa shape index (κ3) is 3.39. The van der Waals surface area contributed by atoms with Gasteiger partial charge >= 0.3 is 5.97 Å². The summed E-state index contributed by atoms with van der Waals surface area (Å²) in [6.45, 7) is 3.26. The molecular weight excluding hydrogens is 272 g/mol. The number of nitrogens with one attached hydrogen (secondary N) is 2. The predicted molar refractivity (Wildman–Crippen MR) is 78.0 cm³/mol. The number of aryl methyl sites for hydroxylation is 1. The quantitative estimate of drug-likeness (QED) is 0.790. The summed E-state index contributed by atoms with van der Waals surface area (Å²) < 4.78 is 0. The van der Waals surface area contributed by atoms with E-state index in [0.717, 1.165) is 5.56 Å². The summed E-state index contributed by atoms with van der Waals surface area (Å²) in [6, 6.07) is 5.19. The summed E-state index contributed by atoms with van der Waals surface area (Å²) >= 11 is 0. The van der Waals surface area contributed by atoms with Gasteiger partial charge in [-0.25, -0.2) is 0 Å². The molecule has 0 saturated heterocycles. The van der Waals surface area contributed by atoms with E-state index in [9.17, 15) is 14.4 Å². The third-order valence-corrected chi connectivity index (χ3v) is 3.74. The third-order valence-electron chi connectivity index (χ3n) is 3.74. The average Bonchev–Trinajstić information content (AvgIpc) is 2.30. The first-order chi connectivity index (χ1) is 9.88. The van der Waals surface area contributed by atoms with Crippen LogP contribution in [0.2, 0.25) is 0 Å². The average molecular weight is 290 g/mol. The van der Waals surface area contributed by atoms with Crippen molar-refractivity contribution in [3.8, 4) is 0 Å². The topological polar surface area (TPSA) is 95.5 Å². The van der Waals surface area contributed by atoms with E-state index in [1.807, 2.05) is 6.92 Å². The van der Waals surface area contributed by atoms with Crippen LogP contribution in [0.5, 0.6) is 0 Å². The number of anilines is 2. The first kappa shape index (κ1) is 15.0. The van der Waals surface area contributed by atoms with Crippen molar-refractivity contribution >= 4 is 29.2 Å². The molecule has 0 aromatic heterocycles. The van der Waals surface area contributed by atoms with Crippen LogP contribution in [0.15, 0.2) is 18.2 Å². The summed E-state index contributed by atoms with van der Waals surface area (Å²) in [5.41, 5.74) is 2.06. The van der Waals surface area contributed by atoms with Gasteiger partial charge in [0, 0.05) is 18.3 Å². The van der Waals surface area contributed by atoms with Gasteiger partial charge in [-0.3, -0.25) is 14.4 Å². The first-order valence-corrected chi connectivity index (χ1v) is 6.80. The molecule has 2 unspecified atom stereocenters. The Morgan fingerprint density at radius 3 is 2.33 bits per heavy atom. The van der Waals surface area contributed by atoms with E-state index >= 15 is 0 Å². The van der Waals surface area contributed by atoms with Gasteiger partial charge in [0.2, 0.25) is 11.8 Å². The molecule has 1 aliphatic rings. The number of amides is 2. The van der Waals surface area contributed by atoms with E-state index in [-0.39, 0.29) is 11.8 Å². The zero-order valence-corrected chi connectivity index (χ0v) is 12.0. The van der Waals surface area contributed by atoms with Crippen LogP contribution in [0.1, 0.15) is 25.3 Å². The maximum absolute atomic E-state index is 12.1. The molecule has 6 heteroatoms. The van der Waals surface area contributed by atoms with Gasteiger partial charge < -0.3 is 15.7 Å². The van der Waals surface area contributed by atoms with Crippen molar-refractivity contribution in [2.75, 3.05) is 10.6 Å². The molecule has 2 atom stereocenters. The fourth-order valence-electron chi connectivity index (χ4n) is 2.37. The van der Waals surface area contributed by atoms with E-state index in [2.05, 4.69) is 10.6 Å². The van der Waals surface area contributed by atoms with Gasteiger partial charge in [-0.15, -0.1) is 0 Å². The van der Waals surface area contributed by atoms with Crippen molar-refractivity contribution in [1.82, 2.24) is 0 Å². The van der Waals surface area contributed by atoms with Crippen molar-refractivity contribution in [3.63, 3.8) is 0 Å². The fraction of sp³-hybridized carbons (Fsp3) is 0.400. The molecule has 0 aliphatic heterocycles. The second kappa shape index (κ2) is 5.95. The van der Waals surface area contributed by atoms with Crippen molar-refractivity contribution in [2.24, 2.45) is 11.8 Å². The molecule has 21 heavy (non-hydrogen) atoms. The van der Waals surface area contributed by atoms with E-state index in [1.54, 1.807) is 18.2 Å². The maximum Gasteiger partial charge on any atom is 0.307 e. The molecule has 1 fully saturated rings. The zero-order valence-electron chi connectivity index (χ0n) is 12.0. The van der Waals surface area contributed by atoms with Gasteiger partial charge in [-0.1, -0.05) is 6.07 Å². The smallest absolute Gasteiger partial charge is 0.307 e. The Balaban J connectivity index is 2.07. The number of carbonyl (C=O) groups excluding carboxylic acids is 2. The van der Waals surface area contributed by atoms with E-state index in [4.69, 9.17) is 5.11 Å². The number of carboxylic acids is 1. The standard InChI is InChI=1S/C15H18N2O4/c1-8-3-4-10(7-13(8)16-9(2)18)17-14(19)11-5-6-12(11)15(20)21/h3-4,7,11-12H,5-6H2,1-2H3,(H,16,18)(H,17,19)(H,20,21). The largest absolute Gasteiger partial charge is 0.481 e. The van der Waals surface area contributed by atoms with Crippen LogP contribution in [0.4, 0.5) is 11.4 Å². The lowest BCUT2D eigenvalue weighted by Crippen LogP contribution is -2.41. The summed E-state index contributed by atoms with van der Waals surface area (Å²) in [4.78, 5) is 34.1. The molecule has 0 bridgehead atoms. The molecule has 1 aromatic rings. The van der Waals surface area contributed by atoms with Crippen molar-refractivity contribution in [3.05, 3.63) is 23.8 Å². The Bertz CT molecular complexity index is 597. The van der Waals surface area contributed by atoms with E-state index in [0.29, 0.717) is 24.2 Å². The summed E-state index contributed by atoms with van der Waals surface area (Å²) in [5, 5.41) is 14.4. The molecule has 1 aliphatic carbocycles. The van der Waals surface area contributed by atoms with Gasteiger partial charge in [-0.05, 0) is 37.5 Å². The molecule has 2 rings (SSSR count). The van der Waals surface area contributed by atoms with Crippen molar-refractivity contribution < 1.29 is 19.5 Å². The maximum atomic E-state index is 12.1. The molecule has 1 saturated carbocycles. The molecule has 112 valence electrons. The van der Waals surface area contributed by atoms with Crippen molar-refractivity contribution in [1.29, 1.82) is 0 Å². The minimum Gasteiger partial charge on any atom is -0.481 e. The predicted octanol–water partition coefficient (Wildman–Crippen LogP) is 2.00. The lowest BCUT2D eigenvalue weighted by Gasteiger charge is -2.31. The lowest BCUT2D eigenvalue weighted by molar-refractivity contribution is -0.151. The Labute approximate surface area is 122 Å². The number of hydrogen-bond donors (Lipinski definition) is 3. The van der Waals surface area contributed by atoms with Gasteiger partial charge in [0.25, 0.3) is 0 Å². The van der Waals surface area contributed by atoms with Crippen LogP contribution in [-0.4, -0.2) is 22.9 Å². The summed E-state index contributed by atoms with van der Waals surface area (Å²) in [7, 11) is 0. The minimum atomic E-state index is -0.927. The van der Waals surface area contributed by atoms with Crippen LogP contribution >= 0.6 is 0 Å². The van der Waals surface area contributed by atoms with Gasteiger partial charge in [0.1, 0.15) is 0 Å². The Morgan fingerprint density at radius 2 is 1.81 bits per heavy atom. The summed E-state index contributed by atoms with van der Waals surface area (Å²) in [5.74, 6) is -2.47. The van der Waals surface area contributed by atoms with E-state index < -0.39 is 17.8 Å². The Kier molecular flexibility index (Phi) is 4.26. The van der Waals surface area contributed by atoms with Crippen LogP contribution in [0, 0.1) is 18.8 Å². The van der Waals surface area contributed by atoms with Crippen LogP contribution in [0.3, 0.4) is 0 Å². The number of aliphatic carboxylic acids is 1. The van der Waals surface area contributed by atoms with Crippen LogP contribution in [-0.2, 0) is 14.4 Å². The fourth-order valence-corrected chi connectivity index (χ4v) is 2.37. The van der Waals surface area contributed by atoms with E-state index in [1.165, 1.54) is 6.92 Å². The van der Waals surface area contributed by atoms with Crippen LogP contribution < -0.4 is 10.6 Å². The van der Waals surface area contributed by atoms with Gasteiger partial charge in [-0.2, -0.15) is 0 Å². The zero-order chi connectivity index (χ0) is 15.6. The SMILES string of the molecule is CC(=O)Nc1cc(NC(=O)C2CCC2C(=O)O)ccc1C. The van der Waals surface area contributed by atoms with Crippen molar-refractivity contribution in [2.45, 2.75) is 26.7 Å².